The SMILES string of the molecule is O=C(O)N1CCN(Cc2cc(N3CCC(CO)CC3)cc(C(F)(F)F)c2)CC1C(C(F)(F)F)C(F)(F)F. The zero-order chi connectivity index (χ0) is 27.8. The van der Waals surface area contributed by atoms with Gasteiger partial charge in [-0.25, -0.2) is 4.79 Å². The Morgan fingerprint density at radius 2 is 1.51 bits per heavy atom. The molecule has 2 aliphatic rings. The zero-order valence-electron chi connectivity index (χ0n) is 19.4. The molecule has 2 aliphatic heterocycles. The van der Waals surface area contributed by atoms with Gasteiger partial charge in [0.2, 0.25) is 0 Å². The number of alkyl halides is 9. The summed E-state index contributed by atoms with van der Waals surface area (Å²) in [6, 6.07) is 0.595. The number of rotatable bonds is 5. The Labute approximate surface area is 206 Å². The predicted octanol–water partition coefficient (Wildman–Crippen LogP) is 4.82. The molecule has 1 unspecified atom stereocenters. The molecule has 0 bridgehead atoms. The molecule has 2 heterocycles. The van der Waals surface area contributed by atoms with Crippen LogP contribution in [0.4, 0.5) is 50.0 Å². The molecule has 1 aromatic carbocycles. The number of nitrogens with zero attached hydrogens (tertiary/aromatic N) is 3. The van der Waals surface area contributed by atoms with Crippen molar-refractivity contribution in [1.82, 2.24) is 9.80 Å². The van der Waals surface area contributed by atoms with Gasteiger partial charge in [-0.05, 0) is 42.5 Å². The molecule has 1 atom stereocenters. The summed E-state index contributed by atoms with van der Waals surface area (Å²) in [7, 11) is 0. The minimum Gasteiger partial charge on any atom is -0.465 e. The molecule has 6 nitrogen and oxygen atoms in total. The first-order chi connectivity index (χ1) is 17.0. The third-order valence-corrected chi connectivity index (χ3v) is 6.79. The van der Waals surface area contributed by atoms with E-state index in [1.165, 1.54) is 6.07 Å². The number of benzene rings is 1. The van der Waals surface area contributed by atoms with Crippen LogP contribution in [0.3, 0.4) is 0 Å². The number of piperidine rings is 1. The van der Waals surface area contributed by atoms with E-state index in [1.807, 2.05) is 0 Å². The highest BCUT2D eigenvalue weighted by atomic mass is 19.4. The average Bonchev–Trinajstić information content (AvgIpc) is 2.76. The van der Waals surface area contributed by atoms with E-state index in [1.54, 1.807) is 4.90 Å². The van der Waals surface area contributed by atoms with Gasteiger partial charge in [0.05, 0.1) is 11.6 Å². The summed E-state index contributed by atoms with van der Waals surface area (Å²) in [5.41, 5.74) is -0.800. The zero-order valence-corrected chi connectivity index (χ0v) is 19.4. The van der Waals surface area contributed by atoms with Crippen LogP contribution in [0.1, 0.15) is 24.0 Å². The maximum Gasteiger partial charge on any atom is 0.416 e. The molecule has 3 rings (SSSR count). The molecule has 1 amide bonds. The number of amides is 1. The van der Waals surface area contributed by atoms with Crippen molar-refractivity contribution in [2.75, 3.05) is 44.2 Å². The van der Waals surface area contributed by atoms with Crippen LogP contribution in [0.5, 0.6) is 0 Å². The number of halogens is 9. The summed E-state index contributed by atoms with van der Waals surface area (Å²) in [4.78, 5) is 14.3. The van der Waals surface area contributed by atoms with Crippen LogP contribution in [0.2, 0.25) is 0 Å². The lowest BCUT2D eigenvalue weighted by Gasteiger charge is -2.44. The summed E-state index contributed by atoms with van der Waals surface area (Å²) in [6.07, 6.45) is -17.2. The molecule has 1 aromatic rings. The number of carboxylic acid groups (broad SMARTS) is 1. The number of piperazine rings is 1. The summed E-state index contributed by atoms with van der Waals surface area (Å²) in [5.74, 6) is -3.94. The van der Waals surface area contributed by atoms with Gasteiger partial charge in [-0.2, -0.15) is 39.5 Å². The summed E-state index contributed by atoms with van der Waals surface area (Å²) < 4.78 is 121. The van der Waals surface area contributed by atoms with Crippen LogP contribution in [0.25, 0.3) is 0 Å². The van der Waals surface area contributed by atoms with Gasteiger partial charge in [-0.3, -0.25) is 4.90 Å². The first-order valence-electron chi connectivity index (χ1n) is 11.4. The summed E-state index contributed by atoms with van der Waals surface area (Å²) in [6.45, 7) is -1.64. The smallest absolute Gasteiger partial charge is 0.416 e. The predicted molar refractivity (Wildman–Crippen MR) is 113 cm³/mol. The molecule has 0 radical (unpaired) electrons. The Morgan fingerprint density at radius 3 is 2.00 bits per heavy atom. The van der Waals surface area contributed by atoms with E-state index in [4.69, 9.17) is 0 Å². The molecule has 0 aliphatic carbocycles. The number of carbonyl (C=O) groups is 1. The Bertz CT molecular complexity index is 930. The van der Waals surface area contributed by atoms with Crippen molar-refractivity contribution < 1.29 is 54.5 Å². The summed E-state index contributed by atoms with van der Waals surface area (Å²) in [5, 5.41) is 18.5. The van der Waals surface area contributed by atoms with Crippen LogP contribution in [-0.4, -0.2) is 83.8 Å². The van der Waals surface area contributed by atoms with Gasteiger partial charge in [-0.15, -0.1) is 0 Å². The largest absolute Gasteiger partial charge is 0.465 e. The molecule has 2 N–H and O–H groups in total. The molecule has 2 fully saturated rings. The fourth-order valence-electron chi connectivity index (χ4n) is 4.90. The highest BCUT2D eigenvalue weighted by Gasteiger charge is 2.62. The van der Waals surface area contributed by atoms with Crippen LogP contribution in [-0.2, 0) is 12.7 Å². The van der Waals surface area contributed by atoms with Crippen LogP contribution in [0.15, 0.2) is 18.2 Å². The van der Waals surface area contributed by atoms with Gasteiger partial charge in [0.25, 0.3) is 0 Å². The third-order valence-electron chi connectivity index (χ3n) is 6.79. The van der Waals surface area contributed by atoms with Gasteiger partial charge in [0.1, 0.15) is 0 Å². The lowest BCUT2D eigenvalue weighted by Crippen LogP contribution is -2.62. The minimum absolute atomic E-state index is 0.0131. The molecular formula is C22H26F9N3O3. The van der Waals surface area contributed by atoms with E-state index in [-0.39, 0.29) is 35.2 Å². The molecule has 0 aromatic heterocycles. The lowest BCUT2D eigenvalue weighted by molar-refractivity contribution is -0.300. The third kappa shape index (κ3) is 7.12. The second-order valence-corrected chi connectivity index (χ2v) is 9.34. The first kappa shape index (κ1) is 29.1. The fourth-order valence-corrected chi connectivity index (χ4v) is 4.90. The standard InChI is InChI=1S/C22H26F9N3O3/c23-20(24,25)15-7-14(8-16(9-15)33-3-1-13(12-35)2-4-33)10-32-5-6-34(19(36)37)17(11-32)18(21(26,27)28)22(29,30)31/h7-9,13,17-18,35H,1-6,10-12H2,(H,36,37). The Balaban J connectivity index is 1.89. The van der Waals surface area contributed by atoms with Gasteiger partial charge < -0.3 is 20.0 Å². The van der Waals surface area contributed by atoms with Crippen molar-refractivity contribution in [2.45, 2.75) is 44.0 Å². The maximum absolute atomic E-state index is 13.6. The molecule has 0 saturated carbocycles. The molecule has 15 heteroatoms. The minimum atomic E-state index is -5.79. The van der Waals surface area contributed by atoms with Crippen molar-refractivity contribution in [3.05, 3.63) is 29.3 Å². The van der Waals surface area contributed by atoms with Crippen molar-refractivity contribution in [3.63, 3.8) is 0 Å². The van der Waals surface area contributed by atoms with E-state index >= 15 is 0 Å². The highest BCUT2D eigenvalue weighted by Crippen LogP contribution is 2.44. The van der Waals surface area contributed by atoms with Crippen molar-refractivity contribution in [3.8, 4) is 0 Å². The van der Waals surface area contributed by atoms with Crippen LogP contribution >= 0.6 is 0 Å². The first-order valence-corrected chi connectivity index (χ1v) is 11.4. The normalized spacial score (nSPS) is 21.1. The molecule has 2 saturated heterocycles. The van der Waals surface area contributed by atoms with E-state index < -0.39 is 61.8 Å². The van der Waals surface area contributed by atoms with Gasteiger partial charge in [0.15, 0.2) is 5.92 Å². The Kier molecular flexibility index (Phi) is 8.47. The van der Waals surface area contributed by atoms with E-state index in [9.17, 15) is 54.5 Å². The Hall–Kier alpha value is -2.42. The van der Waals surface area contributed by atoms with Gasteiger partial charge in [0, 0.05) is 51.6 Å². The molecule has 0 spiro atoms. The van der Waals surface area contributed by atoms with Gasteiger partial charge in [-0.1, -0.05) is 0 Å². The van der Waals surface area contributed by atoms with Crippen molar-refractivity contribution >= 4 is 11.8 Å². The van der Waals surface area contributed by atoms with Crippen molar-refractivity contribution in [1.29, 1.82) is 0 Å². The van der Waals surface area contributed by atoms with Crippen molar-refractivity contribution in [2.24, 2.45) is 11.8 Å². The van der Waals surface area contributed by atoms with Crippen LogP contribution in [0, 0.1) is 11.8 Å². The molecule has 210 valence electrons. The number of aliphatic hydroxyl groups is 1. The summed E-state index contributed by atoms with van der Waals surface area (Å²) >= 11 is 0. The number of hydrogen-bond donors (Lipinski definition) is 2. The molecule has 37 heavy (non-hydrogen) atoms. The molecular weight excluding hydrogens is 525 g/mol. The number of hydrogen-bond acceptors (Lipinski definition) is 4. The highest BCUT2D eigenvalue weighted by molar-refractivity contribution is 5.65. The van der Waals surface area contributed by atoms with E-state index in [2.05, 4.69) is 0 Å². The lowest BCUT2D eigenvalue weighted by atomic mass is 9.94. The van der Waals surface area contributed by atoms with E-state index in [0.29, 0.717) is 25.9 Å². The van der Waals surface area contributed by atoms with Crippen LogP contribution < -0.4 is 4.90 Å². The second kappa shape index (κ2) is 10.8. The number of aliphatic hydroxyl groups excluding tert-OH is 1. The average molecular weight is 551 g/mol. The van der Waals surface area contributed by atoms with Gasteiger partial charge >= 0.3 is 24.6 Å². The fraction of sp³-hybridized carbons (Fsp3) is 0.682. The Morgan fingerprint density at radius 1 is 0.919 bits per heavy atom. The monoisotopic (exact) mass is 551 g/mol. The second-order valence-electron chi connectivity index (χ2n) is 9.34. The topological polar surface area (TPSA) is 67.2 Å². The maximum atomic E-state index is 13.6. The quantitative estimate of drug-likeness (QED) is 0.514. The van der Waals surface area contributed by atoms with E-state index in [0.717, 1.165) is 17.0 Å². The number of anilines is 1.